The summed E-state index contributed by atoms with van der Waals surface area (Å²) in [6.07, 6.45) is 2.35. The molecule has 0 spiro atoms. The lowest BCUT2D eigenvalue weighted by Gasteiger charge is -2.14. The van der Waals surface area contributed by atoms with E-state index in [9.17, 15) is 9.59 Å². The van der Waals surface area contributed by atoms with Crippen LogP contribution in [0.3, 0.4) is 0 Å². The smallest absolute Gasteiger partial charge is 0.306 e. The van der Waals surface area contributed by atoms with Gasteiger partial charge in [0.2, 0.25) is 0 Å². The van der Waals surface area contributed by atoms with Gasteiger partial charge in [-0.2, -0.15) is 0 Å². The molecule has 0 rings (SSSR count). The second-order valence-electron chi connectivity index (χ2n) is 3.56. The van der Waals surface area contributed by atoms with Crippen LogP contribution in [-0.2, 0) is 14.3 Å². The molecule has 1 unspecified atom stereocenters. The lowest BCUT2D eigenvalue weighted by Crippen LogP contribution is -2.22. The number of ether oxygens (including phenoxy) is 1. The average molecular weight is 198 g/mol. The van der Waals surface area contributed by atoms with Crippen molar-refractivity contribution in [3.63, 3.8) is 0 Å². The molecule has 0 amide bonds. The SMILES string of the molecule is C=CCC(CC(=O)OC)C(=O)C(C)C. The van der Waals surface area contributed by atoms with E-state index in [1.165, 1.54) is 7.11 Å². The second kappa shape index (κ2) is 6.35. The fourth-order valence-corrected chi connectivity index (χ4v) is 1.26. The van der Waals surface area contributed by atoms with E-state index in [-0.39, 0.29) is 30.0 Å². The molecule has 1 atom stereocenters. The molecule has 3 heteroatoms. The summed E-state index contributed by atoms with van der Waals surface area (Å²) in [7, 11) is 1.33. The number of methoxy groups -OCH3 is 1. The number of Topliss-reactive ketones (excluding diaryl/α,β-unsaturated/α-hetero) is 1. The molecule has 0 N–H and O–H groups in total. The van der Waals surface area contributed by atoms with Crippen LogP contribution < -0.4 is 0 Å². The molecule has 0 aromatic rings. The molecular weight excluding hydrogens is 180 g/mol. The molecule has 0 saturated carbocycles. The van der Waals surface area contributed by atoms with Gasteiger partial charge >= 0.3 is 5.97 Å². The molecule has 0 saturated heterocycles. The van der Waals surface area contributed by atoms with Crippen molar-refractivity contribution in [2.75, 3.05) is 7.11 Å². The first-order valence-corrected chi connectivity index (χ1v) is 4.74. The van der Waals surface area contributed by atoms with E-state index in [0.29, 0.717) is 6.42 Å². The van der Waals surface area contributed by atoms with Crippen LogP contribution >= 0.6 is 0 Å². The predicted molar refractivity (Wildman–Crippen MR) is 54.8 cm³/mol. The van der Waals surface area contributed by atoms with Gasteiger partial charge in [0.25, 0.3) is 0 Å². The molecule has 80 valence electrons. The molecule has 3 nitrogen and oxygen atoms in total. The van der Waals surface area contributed by atoms with Gasteiger partial charge in [-0.05, 0) is 6.42 Å². The minimum absolute atomic E-state index is 0.0513. The van der Waals surface area contributed by atoms with Gasteiger partial charge in [0, 0.05) is 11.8 Å². The Kier molecular flexibility index (Phi) is 5.84. The van der Waals surface area contributed by atoms with Crippen molar-refractivity contribution >= 4 is 11.8 Å². The van der Waals surface area contributed by atoms with Gasteiger partial charge in [0.15, 0.2) is 0 Å². The fourth-order valence-electron chi connectivity index (χ4n) is 1.26. The first-order valence-electron chi connectivity index (χ1n) is 4.74. The standard InChI is InChI=1S/C11H18O3/c1-5-6-9(7-10(12)14-4)11(13)8(2)3/h5,8-9H,1,6-7H2,2-4H3. The summed E-state index contributed by atoms with van der Waals surface area (Å²) >= 11 is 0. The number of hydrogen-bond acceptors (Lipinski definition) is 3. The van der Waals surface area contributed by atoms with Crippen LogP contribution in [0.1, 0.15) is 26.7 Å². The molecule has 0 bridgehead atoms. The van der Waals surface area contributed by atoms with Crippen molar-refractivity contribution in [1.82, 2.24) is 0 Å². The quantitative estimate of drug-likeness (QED) is 0.484. The first-order chi connectivity index (χ1) is 6.52. The zero-order valence-electron chi connectivity index (χ0n) is 9.08. The van der Waals surface area contributed by atoms with Gasteiger partial charge in [-0.3, -0.25) is 9.59 Å². The Morgan fingerprint density at radius 3 is 2.36 bits per heavy atom. The van der Waals surface area contributed by atoms with Crippen molar-refractivity contribution in [3.05, 3.63) is 12.7 Å². The van der Waals surface area contributed by atoms with Gasteiger partial charge in [-0.15, -0.1) is 6.58 Å². The van der Waals surface area contributed by atoms with E-state index >= 15 is 0 Å². The van der Waals surface area contributed by atoms with Crippen molar-refractivity contribution in [2.24, 2.45) is 11.8 Å². The number of esters is 1. The van der Waals surface area contributed by atoms with Crippen LogP contribution in [0.2, 0.25) is 0 Å². The monoisotopic (exact) mass is 198 g/mol. The third-order valence-electron chi connectivity index (χ3n) is 2.06. The van der Waals surface area contributed by atoms with E-state index in [2.05, 4.69) is 11.3 Å². The zero-order valence-corrected chi connectivity index (χ0v) is 9.08. The molecule has 0 aliphatic carbocycles. The third kappa shape index (κ3) is 4.21. The molecule has 0 radical (unpaired) electrons. The van der Waals surface area contributed by atoms with E-state index in [1.807, 2.05) is 13.8 Å². The summed E-state index contributed by atoms with van der Waals surface area (Å²) in [4.78, 5) is 22.6. The van der Waals surface area contributed by atoms with Crippen molar-refractivity contribution in [2.45, 2.75) is 26.7 Å². The van der Waals surface area contributed by atoms with E-state index in [0.717, 1.165) is 0 Å². The lowest BCUT2D eigenvalue weighted by molar-refractivity contribution is -0.144. The topological polar surface area (TPSA) is 43.4 Å². The van der Waals surface area contributed by atoms with E-state index < -0.39 is 0 Å². The number of hydrogen-bond donors (Lipinski definition) is 0. The molecule has 0 aromatic heterocycles. The Morgan fingerprint density at radius 2 is 2.00 bits per heavy atom. The molecule has 0 heterocycles. The molecular formula is C11H18O3. The molecule has 0 aliphatic rings. The predicted octanol–water partition coefficient (Wildman–Crippen LogP) is 1.97. The largest absolute Gasteiger partial charge is 0.469 e. The Balaban J connectivity index is 4.35. The van der Waals surface area contributed by atoms with Crippen LogP contribution in [0.4, 0.5) is 0 Å². The molecule has 0 aromatic carbocycles. The highest BCUT2D eigenvalue weighted by atomic mass is 16.5. The molecule has 0 fully saturated rings. The zero-order chi connectivity index (χ0) is 11.1. The van der Waals surface area contributed by atoms with Gasteiger partial charge in [0.05, 0.1) is 13.5 Å². The normalized spacial score (nSPS) is 12.3. The number of carbonyl (C=O) groups excluding carboxylic acids is 2. The van der Waals surface area contributed by atoms with Crippen molar-refractivity contribution < 1.29 is 14.3 Å². The maximum Gasteiger partial charge on any atom is 0.306 e. The fraction of sp³-hybridized carbons (Fsp3) is 0.636. The number of rotatable bonds is 6. The molecule has 14 heavy (non-hydrogen) atoms. The number of ketones is 1. The Morgan fingerprint density at radius 1 is 1.43 bits per heavy atom. The summed E-state index contributed by atoms with van der Waals surface area (Å²) in [5, 5.41) is 0. The number of carbonyl (C=O) groups is 2. The van der Waals surface area contributed by atoms with Crippen LogP contribution in [0, 0.1) is 11.8 Å². The van der Waals surface area contributed by atoms with Crippen LogP contribution in [0.25, 0.3) is 0 Å². The Bertz CT molecular complexity index is 219. The first kappa shape index (κ1) is 12.9. The maximum atomic E-state index is 11.6. The number of allylic oxidation sites excluding steroid dienone is 1. The average Bonchev–Trinajstić information content (AvgIpc) is 2.15. The minimum atomic E-state index is -0.342. The maximum absolute atomic E-state index is 11.6. The summed E-state index contributed by atoms with van der Waals surface area (Å²) in [5.41, 5.74) is 0. The van der Waals surface area contributed by atoms with Crippen LogP contribution in [0.5, 0.6) is 0 Å². The summed E-state index contributed by atoms with van der Waals surface area (Å²) in [5.74, 6) is -0.578. The van der Waals surface area contributed by atoms with E-state index in [1.54, 1.807) is 6.08 Å². The second-order valence-corrected chi connectivity index (χ2v) is 3.56. The summed E-state index contributed by atoms with van der Waals surface area (Å²) < 4.78 is 4.53. The van der Waals surface area contributed by atoms with Crippen LogP contribution in [0.15, 0.2) is 12.7 Å². The minimum Gasteiger partial charge on any atom is -0.469 e. The molecule has 0 aliphatic heterocycles. The Hall–Kier alpha value is -1.12. The van der Waals surface area contributed by atoms with Crippen molar-refractivity contribution in [1.29, 1.82) is 0 Å². The third-order valence-corrected chi connectivity index (χ3v) is 2.06. The van der Waals surface area contributed by atoms with Gasteiger partial charge < -0.3 is 4.74 Å². The highest BCUT2D eigenvalue weighted by Gasteiger charge is 2.22. The highest BCUT2D eigenvalue weighted by Crippen LogP contribution is 2.16. The highest BCUT2D eigenvalue weighted by molar-refractivity contribution is 5.86. The van der Waals surface area contributed by atoms with Gasteiger partial charge in [-0.25, -0.2) is 0 Å². The van der Waals surface area contributed by atoms with Gasteiger partial charge in [0.1, 0.15) is 5.78 Å². The lowest BCUT2D eigenvalue weighted by atomic mass is 9.90. The van der Waals surface area contributed by atoms with Crippen LogP contribution in [-0.4, -0.2) is 18.9 Å². The van der Waals surface area contributed by atoms with Gasteiger partial charge in [-0.1, -0.05) is 19.9 Å². The van der Waals surface area contributed by atoms with Crippen molar-refractivity contribution in [3.8, 4) is 0 Å². The Labute approximate surface area is 85.1 Å². The summed E-state index contributed by atoms with van der Waals surface area (Å²) in [6.45, 7) is 7.23. The van der Waals surface area contributed by atoms with E-state index in [4.69, 9.17) is 0 Å². The summed E-state index contributed by atoms with van der Waals surface area (Å²) in [6, 6.07) is 0.